The number of alkyl halides is 2. The number of aliphatic carboxylic acids is 1. The van der Waals surface area contributed by atoms with Gasteiger partial charge in [-0.1, -0.05) is 6.07 Å². The highest BCUT2D eigenvalue weighted by molar-refractivity contribution is 5.78. The van der Waals surface area contributed by atoms with Crippen LogP contribution in [0.2, 0.25) is 0 Å². The molecule has 0 radical (unpaired) electrons. The van der Waals surface area contributed by atoms with Gasteiger partial charge in [-0.3, -0.25) is 4.79 Å². The molecule has 2 rings (SSSR count). The van der Waals surface area contributed by atoms with E-state index in [4.69, 9.17) is 14.6 Å². The van der Waals surface area contributed by atoms with Crippen LogP contribution in [0.4, 0.5) is 8.78 Å². The van der Waals surface area contributed by atoms with Crippen LogP contribution in [-0.4, -0.2) is 31.2 Å². The van der Waals surface area contributed by atoms with Crippen LogP contribution in [0.1, 0.15) is 11.5 Å². The number of hydrogen-bond acceptors (Lipinski definition) is 3. The highest BCUT2D eigenvalue weighted by atomic mass is 19.3. The van der Waals surface area contributed by atoms with Crippen LogP contribution in [0, 0.1) is 5.92 Å². The van der Waals surface area contributed by atoms with Crippen LogP contribution < -0.4 is 9.47 Å². The zero-order valence-corrected chi connectivity index (χ0v) is 9.81. The topological polar surface area (TPSA) is 55.8 Å². The van der Waals surface area contributed by atoms with Crippen LogP contribution in [-0.2, 0) is 4.79 Å². The maximum atomic E-state index is 13.4. The lowest BCUT2D eigenvalue weighted by atomic mass is 10.1. The van der Waals surface area contributed by atoms with E-state index in [0.717, 1.165) is 0 Å². The van der Waals surface area contributed by atoms with E-state index in [1.54, 1.807) is 0 Å². The molecule has 6 heteroatoms. The third kappa shape index (κ3) is 1.77. The first-order valence-electron chi connectivity index (χ1n) is 5.26. The standard InChI is InChI=1S/C12H12F2O4/c1-17-7-4-3-6(5-8(7)18-2)9-10(11(15)16)12(9,13)14/h3-5,9-10H,1-2H3,(H,15,16). The fourth-order valence-electron chi connectivity index (χ4n) is 2.10. The van der Waals surface area contributed by atoms with Crippen molar-refractivity contribution < 1.29 is 28.2 Å². The molecule has 1 aromatic rings. The number of methoxy groups -OCH3 is 2. The monoisotopic (exact) mass is 258 g/mol. The molecule has 2 atom stereocenters. The zero-order chi connectivity index (χ0) is 13.5. The molecule has 1 saturated carbocycles. The first-order valence-corrected chi connectivity index (χ1v) is 5.26. The summed E-state index contributed by atoms with van der Waals surface area (Å²) < 4.78 is 36.7. The van der Waals surface area contributed by atoms with Gasteiger partial charge in [-0.2, -0.15) is 0 Å². The summed E-state index contributed by atoms with van der Waals surface area (Å²) in [6.07, 6.45) is 0. The molecule has 0 heterocycles. The molecule has 1 aromatic carbocycles. The number of hydrogen-bond donors (Lipinski definition) is 1. The number of carbonyl (C=O) groups is 1. The molecule has 0 amide bonds. The molecule has 0 saturated heterocycles. The highest BCUT2D eigenvalue weighted by Gasteiger charge is 2.72. The van der Waals surface area contributed by atoms with E-state index >= 15 is 0 Å². The third-order valence-corrected chi connectivity index (χ3v) is 3.09. The van der Waals surface area contributed by atoms with Crippen LogP contribution >= 0.6 is 0 Å². The molecule has 18 heavy (non-hydrogen) atoms. The lowest BCUT2D eigenvalue weighted by Crippen LogP contribution is -2.04. The van der Waals surface area contributed by atoms with E-state index in [2.05, 4.69) is 0 Å². The fraction of sp³-hybridized carbons (Fsp3) is 0.417. The molecule has 1 aliphatic carbocycles. The van der Waals surface area contributed by atoms with Crippen molar-refractivity contribution in [2.45, 2.75) is 11.8 Å². The first kappa shape index (κ1) is 12.6. The van der Waals surface area contributed by atoms with Gasteiger partial charge in [-0.25, -0.2) is 8.78 Å². The Labute approximate surface area is 102 Å². The van der Waals surface area contributed by atoms with Gasteiger partial charge in [-0.15, -0.1) is 0 Å². The molecule has 98 valence electrons. The van der Waals surface area contributed by atoms with Crippen LogP contribution in [0.5, 0.6) is 11.5 Å². The number of carboxylic acids is 1. The number of carboxylic acid groups (broad SMARTS) is 1. The number of rotatable bonds is 4. The van der Waals surface area contributed by atoms with E-state index in [0.29, 0.717) is 11.5 Å². The summed E-state index contributed by atoms with van der Waals surface area (Å²) in [5.74, 6) is -6.92. The van der Waals surface area contributed by atoms with Crippen molar-refractivity contribution in [1.82, 2.24) is 0 Å². The minimum Gasteiger partial charge on any atom is -0.493 e. The van der Waals surface area contributed by atoms with Gasteiger partial charge in [0.15, 0.2) is 11.5 Å². The maximum absolute atomic E-state index is 13.4. The van der Waals surface area contributed by atoms with Crippen LogP contribution in [0.25, 0.3) is 0 Å². The van der Waals surface area contributed by atoms with Gasteiger partial charge in [0.05, 0.1) is 20.1 Å². The maximum Gasteiger partial charge on any atom is 0.313 e. The highest BCUT2D eigenvalue weighted by Crippen LogP contribution is 2.62. The predicted octanol–water partition coefficient (Wildman–Crippen LogP) is 2.14. The van der Waals surface area contributed by atoms with Crippen molar-refractivity contribution >= 4 is 5.97 Å². The first-order chi connectivity index (χ1) is 8.43. The lowest BCUT2D eigenvalue weighted by Gasteiger charge is -2.09. The van der Waals surface area contributed by atoms with Crippen molar-refractivity contribution in [3.63, 3.8) is 0 Å². The van der Waals surface area contributed by atoms with Gasteiger partial charge in [0.1, 0.15) is 5.92 Å². The van der Waals surface area contributed by atoms with Crippen molar-refractivity contribution in [1.29, 1.82) is 0 Å². The normalized spacial score (nSPS) is 24.4. The Balaban J connectivity index is 2.34. The van der Waals surface area contributed by atoms with Crippen molar-refractivity contribution in [2.75, 3.05) is 14.2 Å². The van der Waals surface area contributed by atoms with Crippen LogP contribution in [0.15, 0.2) is 18.2 Å². The summed E-state index contributed by atoms with van der Waals surface area (Å²) in [5.41, 5.74) is 0.241. The summed E-state index contributed by atoms with van der Waals surface area (Å²) >= 11 is 0. The molecular weight excluding hydrogens is 246 g/mol. The van der Waals surface area contributed by atoms with Gasteiger partial charge in [-0.05, 0) is 17.7 Å². The fourth-order valence-corrected chi connectivity index (χ4v) is 2.10. The van der Waals surface area contributed by atoms with E-state index in [1.807, 2.05) is 0 Å². The molecule has 0 aromatic heterocycles. The summed E-state index contributed by atoms with van der Waals surface area (Å²) in [5, 5.41) is 8.71. The summed E-state index contributed by atoms with van der Waals surface area (Å²) in [7, 11) is 2.82. The molecule has 1 fully saturated rings. The Hall–Kier alpha value is -1.85. The van der Waals surface area contributed by atoms with Gasteiger partial charge in [0, 0.05) is 0 Å². The third-order valence-electron chi connectivity index (χ3n) is 3.09. The molecule has 1 N–H and O–H groups in total. The summed E-state index contributed by atoms with van der Waals surface area (Å²) in [6.45, 7) is 0. The molecule has 2 unspecified atom stereocenters. The van der Waals surface area contributed by atoms with Crippen LogP contribution in [0.3, 0.4) is 0 Å². The number of ether oxygens (including phenoxy) is 2. The predicted molar refractivity (Wildman–Crippen MR) is 58.4 cm³/mol. The van der Waals surface area contributed by atoms with E-state index in [9.17, 15) is 13.6 Å². The van der Waals surface area contributed by atoms with Gasteiger partial charge in [0.2, 0.25) is 0 Å². The zero-order valence-electron chi connectivity index (χ0n) is 9.81. The SMILES string of the molecule is COc1ccc(C2C(C(=O)O)C2(F)F)cc1OC. The van der Waals surface area contributed by atoms with Crippen molar-refractivity contribution in [3.05, 3.63) is 23.8 Å². The average Bonchev–Trinajstić information content (AvgIpc) is 2.91. The second-order valence-electron chi connectivity index (χ2n) is 4.08. The Bertz CT molecular complexity index is 487. The molecule has 0 spiro atoms. The quantitative estimate of drug-likeness (QED) is 0.898. The number of halogens is 2. The Morgan fingerprint density at radius 1 is 1.28 bits per heavy atom. The Morgan fingerprint density at radius 2 is 1.89 bits per heavy atom. The van der Waals surface area contributed by atoms with Gasteiger partial charge in [0.25, 0.3) is 5.92 Å². The van der Waals surface area contributed by atoms with Gasteiger partial charge < -0.3 is 14.6 Å². The molecule has 0 aliphatic heterocycles. The summed E-state index contributed by atoms with van der Waals surface area (Å²) in [6, 6.07) is 4.31. The van der Waals surface area contributed by atoms with E-state index < -0.39 is 23.7 Å². The Morgan fingerprint density at radius 3 is 2.33 bits per heavy atom. The van der Waals surface area contributed by atoms with Crippen molar-refractivity contribution in [2.24, 2.45) is 5.92 Å². The van der Waals surface area contributed by atoms with Gasteiger partial charge >= 0.3 is 5.97 Å². The summed E-state index contributed by atoms with van der Waals surface area (Å²) in [4.78, 5) is 10.7. The minimum atomic E-state index is -3.20. The number of benzene rings is 1. The minimum absolute atomic E-state index is 0.241. The van der Waals surface area contributed by atoms with E-state index in [-0.39, 0.29) is 5.56 Å². The second-order valence-corrected chi connectivity index (χ2v) is 4.08. The van der Waals surface area contributed by atoms with E-state index in [1.165, 1.54) is 32.4 Å². The Kier molecular flexibility index (Phi) is 2.88. The second kappa shape index (κ2) is 4.12. The molecule has 0 bridgehead atoms. The molecule has 4 nitrogen and oxygen atoms in total. The molecular formula is C12H12F2O4. The average molecular weight is 258 g/mol. The lowest BCUT2D eigenvalue weighted by molar-refractivity contribution is -0.140. The van der Waals surface area contributed by atoms with Crippen molar-refractivity contribution in [3.8, 4) is 11.5 Å². The molecule has 1 aliphatic rings. The largest absolute Gasteiger partial charge is 0.493 e. The smallest absolute Gasteiger partial charge is 0.313 e.